The second-order valence-corrected chi connectivity index (χ2v) is 5.10. The average molecular weight is 331 g/mol. The number of pyridine rings is 1. The number of nitrogens with one attached hydrogen (secondary N) is 1. The van der Waals surface area contributed by atoms with Crippen LogP contribution in [-0.4, -0.2) is 31.2 Å². The summed E-state index contributed by atoms with van der Waals surface area (Å²) >= 11 is 0. The molecular formula is C17H21N3O4. The molecule has 0 saturated carbocycles. The molecule has 3 N–H and O–H groups in total. The molecule has 2 rings (SSSR count). The van der Waals surface area contributed by atoms with Gasteiger partial charge in [0.25, 0.3) is 0 Å². The predicted octanol–water partition coefficient (Wildman–Crippen LogP) is 1.85. The van der Waals surface area contributed by atoms with Crippen molar-refractivity contribution in [1.82, 2.24) is 10.3 Å². The van der Waals surface area contributed by atoms with Crippen LogP contribution in [0.5, 0.6) is 23.1 Å². The van der Waals surface area contributed by atoms with Crippen molar-refractivity contribution in [3.05, 3.63) is 42.1 Å². The monoisotopic (exact) mass is 331 g/mol. The van der Waals surface area contributed by atoms with Crippen LogP contribution in [0.25, 0.3) is 0 Å². The second kappa shape index (κ2) is 8.16. The zero-order chi connectivity index (χ0) is 17.5. The van der Waals surface area contributed by atoms with Crippen LogP contribution in [0.2, 0.25) is 0 Å². The summed E-state index contributed by atoms with van der Waals surface area (Å²) in [7, 11) is 3.11. The minimum Gasteiger partial charge on any atom is -0.493 e. The summed E-state index contributed by atoms with van der Waals surface area (Å²) in [5, 5.41) is 2.72. The molecule has 24 heavy (non-hydrogen) atoms. The molecule has 0 aliphatic carbocycles. The first-order valence-electron chi connectivity index (χ1n) is 7.42. The van der Waals surface area contributed by atoms with E-state index in [-0.39, 0.29) is 5.91 Å². The van der Waals surface area contributed by atoms with Crippen LogP contribution in [0.1, 0.15) is 12.5 Å². The van der Waals surface area contributed by atoms with Gasteiger partial charge in [0, 0.05) is 18.8 Å². The molecule has 1 amide bonds. The van der Waals surface area contributed by atoms with Crippen molar-refractivity contribution in [2.45, 2.75) is 19.5 Å². The maximum Gasteiger partial charge on any atom is 0.236 e. The SMILES string of the molecule is COc1cccc(OC)c1Oc1ccc(CNC(=O)[C@@H](C)N)cn1. The number of carbonyl (C=O) groups is 1. The Kier molecular flexibility index (Phi) is 5.97. The number of methoxy groups -OCH3 is 2. The zero-order valence-corrected chi connectivity index (χ0v) is 13.9. The number of nitrogens with zero attached hydrogens (tertiary/aromatic N) is 1. The average Bonchev–Trinajstić information content (AvgIpc) is 2.60. The summed E-state index contributed by atoms with van der Waals surface area (Å²) in [4.78, 5) is 15.7. The fourth-order valence-electron chi connectivity index (χ4n) is 1.95. The van der Waals surface area contributed by atoms with Crippen LogP contribution < -0.4 is 25.3 Å². The van der Waals surface area contributed by atoms with E-state index < -0.39 is 6.04 Å². The Morgan fingerprint density at radius 3 is 2.38 bits per heavy atom. The quantitative estimate of drug-likeness (QED) is 0.804. The van der Waals surface area contributed by atoms with E-state index in [1.165, 1.54) is 0 Å². The van der Waals surface area contributed by atoms with Gasteiger partial charge in [-0.05, 0) is 24.6 Å². The van der Waals surface area contributed by atoms with E-state index in [1.54, 1.807) is 45.5 Å². The third-order valence-electron chi connectivity index (χ3n) is 3.27. The molecule has 1 aromatic carbocycles. The summed E-state index contributed by atoms with van der Waals surface area (Å²) in [6, 6.07) is 8.33. The number of aromatic nitrogens is 1. The number of nitrogens with two attached hydrogens (primary N) is 1. The fraction of sp³-hybridized carbons (Fsp3) is 0.294. The Morgan fingerprint density at radius 2 is 1.88 bits per heavy atom. The summed E-state index contributed by atoms with van der Waals surface area (Å²) in [5.74, 6) is 1.72. The van der Waals surface area contributed by atoms with Crippen molar-refractivity contribution < 1.29 is 19.0 Å². The Labute approximate surface area is 140 Å². The minimum absolute atomic E-state index is 0.214. The Morgan fingerprint density at radius 1 is 1.21 bits per heavy atom. The van der Waals surface area contributed by atoms with E-state index in [0.717, 1.165) is 5.56 Å². The van der Waals surface area contributed by atoms with Crippen molar-refractivity contribution in [2.75, 3.05) is 14.2 Å². The Hall–Kier alpha value is -2.80. The Bertz CT molecular complexity index is 664. The number of hydrogen-bond donors (Lipinski definition) is 2. The molecule has 7 nitrogen and oxygen atoms in total. The van der Waals surface area contributed by atoms with E-state index in [1.807, 2.05) is 12.1 Å². The molecule has 0 bridgehead atoms. The van der Waals surface area contributed by atoms with Crippen LogP contribution >= 0.6 is 0 Å². The molecule has 2 aromatic rings. The molecule has 0 aliphatic rings. The largest absolute Gasteiger partial charge is 0.493 e. The second-order valence-electron chi connectivity index (χ2n) is 5.10. The number of para-hydroxylation sites is 1. The van der Waals surface area contributed by atoms with Crippen molar-refractivity contribution in [2.24, 2.45) is 5.73 Å². The number of benzene rings is 1. The lowest BCUT2D eigenvalue weighted by Gasteiger charge is -2.13. The third kappa shape index (κ3) is 4.36. The highest BCUT2D eigenvalue weighted by atomic mass is 16.5. The summed E-state index contributed by atoms with van der Waals surface area (Å²) < 4.78 is 16.3. The van der Waals surface area contributed by atoms with Gasteiger partial charge >= 0.3 is 0 Å². The van der Waals surface area contributed by atoms with Crippen molar-refractivity contribution in [3.63, 3.8) is 0 Å². The van der Waals surface area contributed by atoms with Gasteiger partial charge in [0.15, 0.2) is 11.5 Å². The van der Waals surface area contributed by atoms with E-state index in [9.17, 15) is 4.79 Å². The normalized spacial score (nSPS) is 11.5. The van der Waals surface area contributed by atoms with Crippen molar-refractivity contribution >= 4 is 5.91 Å². The van der Waals surface area contributed by atoms with Gasteiger partial charge in [-0.25, -0.2) is 4.98 Å². The summed E-state index contributed by atoms with van der Waals surface area (Å²) in [6.07, 6.45) is 1.62. The minimum atomic E-state index is -0.543. The highest BCUT2D eigenvalue weighted by Gasteiger charge is 2.13. The molecule has 128 valence electrons. The molecule has 1 heterocycles. The van der Waals surface area contributed by atoms with Gasteiger partial charge in [-0.2, -0.15) is 0 Å². The fourth-order valence-corrected chi connectivity index (χ4v) is 1.95. The van der Waals surface area contributed by atoms with Gasteiger partial charge in [-0.1, -0.05) is 12.1 Å². The van der Waals surface area contributed by atoms with Crippen molar-refractivity contribution in [1.29, 1.82) is 0 Å². The van der Waals surface area contributed by atoms with E-state index >= 15 is 0 Å². The molecule has 0 saturated heterocycles. The van der Waals surface area contributed by atoms with E-state index in [4.69, 9.17) is 19.9 Å². The van der Waals surface area contributed by atoms with E-state index in [2.05, 4.69) is 10.3 Å². The molecule has 0 spiro atoms. The van der Waals surface area contributed by atoms with Gasteiger partial charge < -0.3 is 25.3 Å². The highest BCUT2D eigenvalue weighted by Crippen LogP contribution is 2.39. The number of carbonyl (C=O) groups excluding carboxylic acids is 1. The van der Waals surface area contributed by atoms with Gasteiger partial charge in [0.2, 0.25) is 17.5 Å². The van der Waals surface area contributed by atoms with Crippen LogP contribution in [0.15, 0.2) is 36.5 Å². The number of ether oxygens (including phenoxy) is 3. The maximum absolute atomic E-state index is 11.5. The van der Waals surface area contributed by atoms with Gasteiger partial charge in [0.1, 0.15) is 0 Å². The molecule has 1 aromatic heterocycles. The molecule has 0 fully saturated rings. The number of amides is 1. The summed E-state index contributed by atoms with van der Waals surface area (Å²) in [5.41, 5.74) is 6.33. The number of rotatable bonds is 7. The lowest BCUT2D eigenvalue weighted by atomic mass is 10.2. The lowest BCUT2D eigenvalue weighted by Crippen LogP contribution is -2.37. The standard InChI is InChI=1S/C17H21N3O4/c1-11(18)17(21)20-10-12-7-8-15(19-9-12)24-16-13(22-2)5-4-6-14(16)23-3/h4-9,11H,10,18H2,1-3H3,(H,20,21)/t11-/m1/s1. The molecule has 0 radical (unpaired) electrons. The van der Waals surface area contributed by atoms with Gasteiger partial charge in [-0.3, -0.25) is 4.79 Å². The first kappa shape index (κ1) is 17.6. The predicted molar refractivity (Wildman–Crippen MR) is 89.4 cm³/mol. The highest BCUT2D eigenvalue weighted by molar-refractivity contribution is 5.80. The molecule has 0 aliphatic heterocycles. The first-order valence-corrected chi connectivity index (χ1v) is 7.42. The molecule has 1 atom stereocenters. The van der Waals surface area contributed by atoms with E-state index in [0.29, 0.717) is 29.7 Å². The van der Waals surface area contributed by atoms with Crippen LogP contribution in [0, 0.1) is 0 Å². The van der Waals surface area contributed by atoms with Gasteiger partial charge in [-0.15, -0.1) is 0 Å². The molecule has 0 unspecified atom stereocenters. The van der Waals surface area contributed by atoms with Gasteiger partial charge in [0.05, 0.1) is 20.3 Å². The Balaban J connectivity index is 2.08. The molecule has 7 heteroatoms. The third-order valence-corrected chi connectivity index (χ3v) is 3.27. The summed E-state index contributed by atoms with van der Waals surface area (Å²) in [6.45, 7) is 1.98. The van der Waals surface area contributed by atoms with Crippen molar-refractivity contribution in [3.8, 4) is 23.1 Å². The molecular weight excluding hydrogens is 310 g/mol. The zero-order valence-electron chi connectivity index (χ0n) is 13.9. The van der Waals surface area contributed by atoms with Crippen LogP contribution in [-0.2, 0) is 11.3 Å². The van der Waals surface area contributed by atoms with Crippen LogP contribution in [0.4, 0.5) is 0 Å². The smallest absolute Gasteiger partial charge is 0.236 e. The number of hydrogen-bond acceptors (Lipinski definition) is 6. The maximum atomic E-state index is 11.5. The first-order chi connectivity index (χ1) is 11.5. The van der Waals surface area contributed by atoms with Crippen LogP contribution in [0.3, 0.4) is 0 Å². The topological polar surface area (TPSA) is 95.7 Å². The lowest BCUT2D eigenvalue weighted by molar-refractivity contribution is -0.122.